The van der Waals surface area contributed by atoms with Gasteiger partial charge in [-0.1, -0.05) is 43.0 Å². The van der Waals surface area contributed by atoms with Crippen LogP contribution in [0.3, 0.4) is 0 Å². The maximum Gasteiger partial charge on any atom is 0.320 e. The minimum Gasteiger partial charge on any atom is -0.477 e. The molecule has 0 saturated carbocycles. The number of fused-ring (bicyclic) bond motifs is 2. The first-order valence-electron chi connectivity index (χ1n) is 12.4. The number of carbonyl (C=O) groups excluding carboxylic acids is 1. The number of ketones is 1. The molecule has 0 amide bonds. The van der Waals surface area contributed by atoms with Crippen molar-refractivity contribution in [2.75, 3.05) is 38.3 Å². The lowest BCUT2D eigenvalue weighted by Crippen LogP contribution is -2.33. The molecule has 3 aromatic rings. The number of aromatic nitrogens is 2. The number of likely N-dealkylation sites (N-methyl/N-ethyl adjacent to an activating group) is 1. The average Bonchev–Trinajstić information content (AvgIpc) is 3.31. The van der Waals surface area contributed by atoms with E-state index in [1.165, 1.54) is 29.0 Å². The molecule has 0 spiro atoms. The number of likely N-dealkylation sites (tertiary alicyclic amines) is 1. The van der Waals surface area contributed by atoms with Crippen LogP contribution >= 0.6 is 0 Å². The molecule has 7 nitrogen and oxygen atoms in total. The van der Waals surface area contributed by atoms with E-state index in [1.54, 1.807) is 0 Å². The number of nitrogens with zero attached hydrogens (tertiary/aromatic N) is 4. The molecule has 1 aromatic heterocycles. The third kappa shape index (κ3) is 5.15. The van der Waals surface area contributed by atoms with Gasteiger partial charge in [0.15, 0.2) is 5.78 Å². The largest absolute Gasteiger partial charge is 0.477 e. The Kier molecular flexibility index (Phi) is 6.95. The normalized spacial score (nSPS) is 17.9. The smallest absolute Gasteiger partial charge is 0.320 e. The van der Waals surface area contributed by atoms with Crippen LogP contribution in [0.15, 0.2) is 55.1 Å². The summed E-state index contributed by atoms with van der Waals surface area (Å²) in [6, 6.07) is 15.6. The first kappa shape index (κ1) is 23.3. The molecule has 0 aliphatic carbocycles. The molecule has 0 radical (unpaired) electrons. The van der Waals surface area contributed by atoms with Gasteiger partial charge in [0.1, 0.15) is 6.61 Å². The SMILES string of the molecule is C=CC(=O)CCOc1nc(OC[C@@H]2CCCN2C)nc2c1CCN(c1cccc3ccccc13)C2. The zero-order chi connectivity index (χ0) is 24.2. The average molecular weight is 473 g/mol. The first-order chi connectivity index (χ1) is 17.1. The Morgan fingerprint density at radius 1 is 1.14 bits per heavy atom. The van der Waals surface area contributed by atoms with Crippen molar-refractivity contribution in [3.8, 4) is 11.9 Å². The Balaban J connectivity index is 1.41. The fraction of sp³-hybridized carbons (Fsp3) is 0.393. The maximum atomic E-state index is 11.7. The number of rotatable bonds is 9. The predicted molar refractivity (Wildman–Crippen MR) is 137 cm³/mol. The van der Waals surface area contributed by atoms with E-state index >= 15 is 0 Å². The van der Waals surface area contributed by atoms with Crippen molar-refractivity contribution in [2.24, 2.45) is 0 Å². The van der Waals surface area contributed by atoms with Gasteiger partial charge in [-0.15, -0.1) is 0 Å². The minimum absolute atomic E-state index is 0.0456. The third-order valence-electron chi connectivity index (χ3n) is 7.01. The molecule has 2 aliphatic heterocycles. The second-order valence-corrected chi connectivity index (χ2v) is 9.26. The van der Waals surface area contributed by atoms with Gasteiger partial charge in [-0.3, -0.25) is 4.79 Å². The fourth-order valence-electron chi connectivity index (χ4n) is 4.96. The number of hydrogen-bond acceptors (Lipinski definition) is 7. The molecule has 0 N–H and O–H groups in total. The number of carbonyl (C=O) groups is 1. The maximum absolute atomic E-state index is 11.7. The van der Waals surface area contributed by atoms with Gasteiger partial charge < -0.3 is 19.3 Å². The van der Waals surface area contributed by atoms with Gasteiger partial charge in [-0.2, -0.15) is 9.97 Å². The molecule has 5 rings (SSSR count). The van der Waals surface area contributed by atoms with Crippen molar-refractivity contribution in [1.29, 1.82) is 0 Å². The predicted octanol–water partition coefficient (Wildman–Crippen LogP) is 4.19. The summed E-state index contributed by atoms with van der Waals surface area (Å²) in [5, 5.41) is 2.45. The lowest BCUT2D eigenvalue weighted by molar-refractivity contribution is -0.115. The highest BCUT2D eigenvalue weighted by molar-refractivity contribution is 5.94. The quantitative estimate of drug-likeness (QED) is 0.433. The summed E-state index contributed by atoms with van der Waals surface area (Å²) in [5.74, 6) is 0.481. The van der Waals surface area contributed by atoms with E-state index in [1.807, 2.05) is 0 Å². The molecule has 2 aliphatic rings. The lowest BCUT2D eigenvalue weighted by atomic mass is 10.0. The second-order valence-electron chi connectivity index (χ2n) is 9.26. The summed E-state index contributed by atoms with van der Waals surface area (Å²) in [7, 11) is 2.13. The first-order valence-corrected chi connectivity index (χ1v) is 12.4. The van der Waals surface area contributed by atoms with Crippen LogP contribution in [0.2, 0.25) is 0 Å². The Bertz CT molecular complexity index is 1220. The molecule has 1 atom stereocenters. The summed E-state index contributed by atoms with van der Waals surface area (Å²) in [6.07, 6.45) is 4.65. The molecular weight excluding hydrogens is 440 g/mol. The second kappa shape index (κ2) is 10.4. The van der Waals surface area contributed by atoms with Gasteiger partial charge >= 0.3 is 6.01 Å². The van der Waals surface area contributed by atoms with Gasteiger partial charge in [0.05, 0.1) is 18.8 Å². The van der Waals surface area contributed by atoms with Crippen LogP contribution in [0, 0.1) is 0 Å². The van der Waals surface area contributed by atoms with E-state index in [2.05, 4.69) is 70.9 Å². The van der Waals surface area contributed by atoms with Crippen molar-refractivity contribution < 1.29 is 14.3 Å². The van der Waals surface area contributed by atoms with Crippen molar-refractivity contribution in [2.45, 2.75) is 38.3 Å². The molecule has 1 saturated heterocycles. The molecule has 182 valence electrons. The van der Waals surface area contributed by atoms with E-state index in [-0.39, 0.29) is 18.8 Å². The van der Waals surface area contributed by atoms with Crippen LogP contribution in [-0.4, -0.2) is 60.0 Å². The van der Waals surface area contributed by atoms with Crippen LogP contribution in [0.1, 0.15) is 30.5 Å². The zero-order valence-corrected chi connectivity index (χ0v) is 20.3. The number of ether oxygens (including phenoxy) is 2. The molecular formula is C28H32N4O3. The molecule has 0 unspecified atom stereocenters. The van der Waals surface area contributed by atoms with Crippen LogP contribution < -0.4 is 14.4 Å². The Morgan fingerprint density at radius 2 is 2.00 bits per heavy atom. The van der Waals surface area contributed by atoms with Crippen LogP contribution in [0.5, 0.6) is 11.9 Å². The molecule has 2 aromatic carbocycles. The van der Waals surface area contributed by atoms with Gasteiger partial charge in [0.2, 0.25) is 5.88 Å². The lowest BCUT2D eigenvalue weighted by Gasteiger charge is -2.31. The van der Waals surface area contributed by atoms with E-state index in [4.69, 9.17) is 14.5 Å². The van der Waals surface area contributed by atoms with Gasteiger partial charge in [-0.25, -0.2) is 0 Å². The van der Waals surface area contributed by atoms with E-state index in [0.717, 1.165) is 37.2 Å². The molecule has 35 heavy (non-hydrogen) atoms. The highest BCUT2D eigenvalue weighted by atomic mass is 16.5. The Labute approximate surface area is 206 Å². The summed E-state index contributed by atoms with van der Waals surface area (Å²) in [6.45, 7) is 6.91. The van der Waals surface area contributed by atoms with Gasteiger partial charge in [0.25, 0.3) is 0 Å². The standard InChI is InChI=1S/C28H32N4O3/c1-3-22(33)14-17-34-27-24-13-16-32(26-12-6-9-20-8-4-5-11-23(20)26)18-25(24)29-28(30-27)35-19-21-10-7-15-31(21)2/h3-6,8-9,11-12,21H,1,7,10,13-19H2,2H3/t21-/m0/s1. The van der Waals surface area contributed by atoms with Gasteiger partial charge in [-0.05, 0) is 50.4 Å². The summed E-state index contributed by atoms with van der Waals surface area (Å²) >= 11 is 0. The van der Waals surface area contributed by atoms with Crippen molar-refractivity contribution >= 4 is 22.2 Å². The molecule has 3 heterocycles. The monoisotopic (exact) mass is 472 g/mol. The molecule has 1 fully saturated rings. The summed E-state index contributed by atoms with van der Waals surface area (Å²) in [5.41, 5.74) is 3.11. The Morgan fingerprint density at radius 3 is 2.83 bits per heavy atom. The highest BCUT2D eigenvalue weighted by Crippen LogP contribution is 2.33. The van der Waals surface area contributed by atoms with Crippen LogP contribution in [-0.2, 0) is 17.8 Å². The van der Waals surface area contributed by atoms with Crippen molar-refractivity contribution in [1.82, 2.24) is 14.9 Å². The Hall–Kier alpha value is -3.45. The van der Waals surface area contributed by atoms with E-state index in [9.17, 15) is 4.79 Å². The number of hydrogen-bond donors (Lipinski definition) is 0. The van der Waals surface area contributed by atoms with Crippen LogP contribution in [0.25, 0.3) is 10.8 Å². The van der Waals surface area contributed by atoms with E-state index < -0.39 is 0 Å². The van der Waals surface area contributed by atoms with Crippen molar-refractivity contribution in [3.63, 3.8) is 0 Å². The number of anilines is 1. The third-order valence-corrected chi connectivity index (χ3v) is 7.01. The molecule has 0 bridgehead atoms. The van der Waals surface area contributed by atoms with Gasteiger partial charge in [0, 0.05) is 35.6 Å². The topological polar surface area (TPSA) is 67.8 Å². The fourth-order valence-corrected chi connectivity index (χ4v) is 4.96. The van der Waals surface area contributed by atoms with Crippen molar-refractivity contribution in [3.05, 3.63) is 66.4 Å². The zero-order valence-electron chi connectivity index (χ0n) is 20.3. The number of benzene rings is 2. The molecule has 7 heteroatoms. The van der Waals surface area contributed by atoms with E-state index in [0.29, 0.717) is 31.1 Å². The minimum atomic E-state index is -0.0456. The summed E-state index contributed by atoms with van der Waals surface area (Å²) < 4.78 is 12.1. The highest BCUT2D eigenvalue weighted by Gasteiger charge is 2.26. The summed E-state index contributed by atoms with van der Waals surface area (Å²) in [4.78, 5) is 25.8. The van der Waals surface area contributed by atoms with Crippen LogP contribution in [0.4, 0.5) is 5.69 Å². The number of allylic oxidation sites excluding steroid dienone is 1.